The number of hydrogen-bond donors (Lipinski definition) is 1. The molecule has 0 aliphatic carbocycles. The summed E-state index contributed by atoms with van der Waals surface area (Å²) in [6, 6.07) is 10.9. The van der Waals surface area contributed by atoms with Gasteiger partial charge in [0.25, 0.3) is 5.56 Å². The number of halogens is 1. The van der Waals surface area contributed by atoms with Crippen molar-refractivity contribution in [1.82, 2.24) is 9.55 Å². The molecule has 0 saturated heterocycles. The molecule has 0 saturated carbocycles. The van der Waals surface area contributed by atoms with E-state index in [1.165, 1.54) is 10.6 Å². The van der Waals surface area contributed by atoms with Crippen LogP contribution in [0.1, 0.15) is 29.9 Å². The number of rotatable bonds is 2. The zero-order chi connectivity index (χ0) is 17.4. The third kappa shape index (κ3) is 2.45. The van der Waals surface area contributed by atoms with Crippen LogP contribution >= 0.6 is 0 Å². The smallest absolute Gasteiger partial charge is 0.266 e. The van der Waals surface area contributed by atoms with Gasteiger partial charge in [-0.15, -0.1) is 0 Å². The van der Waals surface area contributed by atoms with Crippen molar-refractivity contribution < 1.29 is 4.39 Å². The summed E-state index contributed by atoms with van der Waals surface area (Å²) < 4.78 is 15.5. The maximum atomic E-state index is 14.1. The Hall–Kier alpha value is -3.04. The fourth-order valence-corrected chi connectivity index (χ4v) is 2.70. The molecule has 6 heteroatoms. The highest BCUT2D eigenvalue weighted by molar-refractivity contribution is 5.82. The molecule has 0 amide bonds. The van der Waals surface area contributed by atoms with E-state index in [0.717, 1.165) is 0 Å². The molecule has 5 nitrogen and oxygen atoms in total. The molecule has 0 fully saturated rings. The second kappa shape index (κ2) is 5.87. The summed E-state index contributed by atoms with van der Waals surface area (Å²) in [5, 5.41) is 9.29. The lowest BCUT2D eigenvalue weighted by Crippen LogP contribution is -2.28. The van der Waals surface area contributed by atoms with Gasteiger partial charge in [0.2, 0.25) is 0 Å². The van der Waals surface area contributed by atoms with Crippen LogP contribution in [0, 0.1) is 24.1 Å². The SMILES string of the molecule is Cc1ccc(F)c2nc(C(C)N)n(-c3cccc(C#N)c3)c(=O)c12. The number of fused-ring (bicyclic) bond motifs is 1. The van der Waals surface area contributed by atoms with E-state index in [1.54, 1.807) is 44.2 Å². The number of aromatic nitrogens is 2. The van der Waals surface area contributed by atoms with E-state index in [1.807, 2.05) is 6.07 Å². The highest BCUT2D eigenvalue weighted by Crippen LogP contribution is 2.21. The topological polar surface area (TPSA) is 84.7 Å². The lowest BCUT2D eigenvalue weighted by molar-refractivity contribution is 0.629. The van der Waals surface area contributed by atoms with Crippen molar-refractivity contribution in [1.29, 1.82) is 5.26 Å². The van der Waals surface area contributed by atoms with Crippen molar-refractivity contribution in [2.24, 2.45) is 5.73 Å². The first-order valence-electron chi connectivity index (χ1n) is 7.42. The summed E-state index contributed by atoms with van der Waals surface area (Å²) in [5.41, 5.74) is 7.09. The minimum Gasteiger partial charge on any atom is -0.322 e. The van der Waals surface area contributed by atoms with Crippen LogP contribution in [0.3, 0.4) is 0 Å². The van der Waals surface area contributed by atoms with E-state index < -0.39 is 17.4 Å². The van der Waals surface area contributed by atoms with Crippen molar-refractivity contribution >= 4 is 10.9 Å². The second-order valence-corrected chi connectivity index (χ2v) is 5.65. The van der Waals surface area contributed by atoms with Gasteiger partial charge in [0.05, 0.1) is 28.7 Å². The number of nitrogens with zero attached hydrogens (tertiary/aromatic N) is 3. The maximum absolute atomic E-state index is 14.1. The second-order valence-electron chi connectivity index (χ2n) is 5.65. The van der Waals surface area contributed by atoms with Crippen LogP contribution in [0.5, 0.6) is 0 Å². The minimum absolute atomic E-state index is 0.0139. The van der Waals surface area contributed by atoms with Crippen LogP contribution in [0.15, 0.2) is 41.2 Å². The van der Waals surface area contributed by atoms with E-state index in [2.05, 4.69) is 4.98 Å². The van der Waals surface area contributed by atoms with Crippen molar-refractivity contribution in [3.05, 3.63) is 69.5 Å². The Labute approximate surface area is 137 Å². The Bertz CT molecular complexity index is 1050. The predicted octanol–water partition coefficient (Wildman–Crippen LogP) is 2.72. The molecule has 3 aromatic rings. The summed E-state index contributed by atoms with van der Waals surface area (Å²) in [7, 11) is 0. The Kier molecular flexibility index (Phi) is 3.87. The summed E-state index contributed by atoms with van der Waals surface area (Å²) in [5.74, 6) is -0.320. The summed E-state index contributed by atoms with van der Waals surface area (Å²) in [6.07, 6.45) is 0. The average molecular weight is 322 g/mol. The van der Waals surface area contributed by atoms with Crippen LogP contribution in [0.2, 0.25) is 0 Å². The molecule has 2 aromatic carbocycles. The Morgan fingerprint density at radius 3 is 2.75 bits per heavy atom. The standard InChI is InChI=1S/C18H15FN4O/c1-10-6-7-14(19)16-15(10)18(24)23(17(22-16)11(2)21)13-5-3-4-12(8-13)9-20/h3-8,11H,21H2,1-2H3. The molecule has 1 aromatic heterocycles. The number of nitrogens with two attached hydrogens (primary N) is 1. The van der Waals surface area contributed by atoms with E-state index in [9.17, 15) is 9.18 Å². The van der Waals surface area contributed by atoms with Crippen molar-refractivity contribution in [3.8, 4) is 11.8 Å². The average Bonchev–Trinajstić information content (AvgIpc) is 2.57. The third-order valence-corrected chi connectivity index (χ3v) is 3.85. The number of hydrogen-bond acceptors (Lipinski definition) is 4. The zero-order valence-electron chi connectivity index (χ0n) is 13.2. The van der Waals surface area contributed by atoms with E-state index in [4.69, 9.17) is 11.0 Å². The number of nitriles is 1. The van der Waals surface area contributed by atoms with Gasteiger partial charge in [-0.25, -0.2) is 9.37 Å². The van der Waals surface area contributed by atoms with Gasteiger partial charge in [0.15, 0.2) is 0 Å². The highest BCUT2D eigenvalue weighted by atomic mass is 19.1. The van der Waals surface area contributed by atoms with Crippen molar-refractivity contribution in [3.63, 3.8) is 0 Å². The number of benzene rings is 2. The first-order valence-corrected chi connectivity index (χ1v) is 7.42. The van der Waals surface area contributed by atoms with Crippen LogP contribution in [-0.2, 0) is 0 Å². The van der Waals surface area contributed by atoms with Gasteiger partial charge in [-0.1, -0.05) is 12.1 Å². The minimum atomic E-state index is -0.590. The van der Waals surface area contributed by atoms with Crippen LogP contribution < -0.4 is 11.3 Å². The fraction of sp³-hybridized carbons (Fsp3) is 0.167. The fourth-order valence-electron chi connectivity index (χ4n) is 2.70. The van der Waals surface area contributed by atoms with Gasteiger partial charge >= 0.3 is 0 Å². The molecule has 2 N–H and O–H groups in total. The molecule has 1 heterocycles. The van der Waals surface area contributed by atoms with Crippen molar-refractivity contribution in [2.45, 2.75) is 19.9 Å². The normalized spacial score (nSPS) is 12.1. The Morgan fingerprint density at radius 1 is 1.33 bits per heavy atom. The van der Waals surface area contributed by atoms with Gasteiger partial charge in [-0.3, -0.25) is 9.36 Å². The van der Waals surface area contributed by atoms with Gasteiger partial charge in [-0.2, -0.15) is 5.26 Å². The van der Waals surface area contributed by atoms with E-state index in [0.29, 0.717) is 16.8 Å². The molecule has 1 atom stereocenters. The molecular weight excluding hydrogens is 307 g/mol. The van der Waals surface area contributed by atoms with Crippen LogP contribution in [0.25, 0.3) is 16.6 Å². The van der Waals surface area contributed by atoms with Gasteiger partial charge in [-0.05, 0) is 43.7 Å². The third-order valence-electron chi connectivity index (χ3n) is 3.85. The summed E-state index contributed by atoms with van der Waals surface area (Å²) in [6.45, 7) is 3.40. The molecule has 0 bridgehead atoms. The first-order chi connectivity index (χ1) is 11.4. The van der Waals surface area contributed by atoms with E-state index in [-0.39, 0.29) is 16.7 Å². The molecule has 0 aliphatic rings. The zero-order valence-corrected chi connectivity index (χ0v) is 13.2. The van der Waals surface area contributed by atoms with E-state index >= 15 is 0 Å². The maximum Gasteiger partial charge on any atom is 0.266 e. The molecule has 0 spiro atoms. The summed E-state index contributed by atoms with van der Waals surface area (Å²) in [4.78, 5) is 17.4. The van der Waals surface area contributed by atoms with Gasteiger partial charge in [0.1, 0.15) is 17.2 Å². The molecule has 120 valence electrons. The van der Waals surface area contributed by atoms with Crippen LogP contribution in [0.4, 0.5) is 4.39 Å². The largest absolute Gasteiger partial charge is 0.322 e. The van der Waals surface area contributed by atoms with Gasteiger partial charge < -0.3 is 5.73 Å². The molecule has 0 aliphatic heterocycles. The molecule has 3 rings (SSSR count). The Balaban J connectivity index is 2.49. The number of aryl methyl sites for hydroxylation is 1. The lowest BCUT2D eigenvalue weighted by atomic mass is 10.1. The van der Waals surface area contributed by atoms with Gasteiger partial charge in [0, 0.05) is 0 Å². The molecule has 24 heavy (non-hydrogen) atoms. The van der Waals surface area contributed by atoms with Crippen LogP contribution in [-0.4, -0.2) is 9.55 Å². The van der Waals surface area contributed by atoms with Crippen molar-refractivity contribution in [2.75, 3.05) is 0 Å². The monoisotopic (exact) mass is 322 g/mol. The summed E-state index contributed by atoms with van der Waals surface area (Å²) >= 11 is 0. The molecular formula is C18H15FN4O. The quantitative estimate of drug-likeness (QED) is 0.786. The lowest BCUT2D eigenvalue weighted by Gasteiger charge is -2.17. The predicted molar refractivity (Wildman–Crippen MR) is 89.4 cm³/mol. The molecule has 0 radical (unpaired) electrons. The Morgan fingerprint density at radius 2 is 2.08 bits per heavy atom. The molecule has 1 unspecified atom stereocenters. The highest BCUT2D eigenvalue weighted by Gasteiger charge is 2.19. The first kappa shape index (κ1) is 15.8.